The first kappa shape index (κ1) is 14.0. The molecule has 0 aromatic heterocycles. The number of rotatable bonds is 3. The monoisotopic (exact) mass is 365 g/mol. The zero-order valence-corrected chi connectivity index (χ0v) is 12.8. The lowest BCUT2D eigenvalue weighted by molar-refractivity contribution is 0.626. The Morgan fingerprint density at radius 1 is 1.17 bits per heavy atom. The van der Waals surface area contributed by atoms with Crippen LogP contribution in [0.15, 0.2) is 45.8 Å². The molecule has 1 nitrogen and oxygen atoms in total. The number of halogens is 4. The van der Waals surface area contributed by atoms with Crippen LogP contribution < -0.4 is 4.72 Å². The zero-order valence-electron chi connectivity index (χ0n) is 8.88. The van der Waals surface area contributed by atoms with Crippen LogP contribution in [0.1, 0.15) is 0 Å². The molecule has 0 unspecified atom stereocenters. The summed E-state index contributed by atoms with van der Waals surface area (Å²) in [7, 11) is 0. The summed E-state index contributed by atoms with van der Waals surface area (Å²) in [5, 5.41) is 1.14. The molecule has 0 aliphatic carbocycles. The lowest BCUT2D eigenvalue weighted by Crippen LogP contribution is -1.91. The second-order valence-corrected chi connectivity index (χ2v) is 5.93. The number of hydrogen-bond acceptors (Lipinski definition) is 2. The second kappa shape index (κ2) is 6.15. The van der Waals surface area contributed by atoms with Gasteiger partial charge in [0.1, 0.15) is 0 Å². The lowest BCUT2D eigenvalue weighted by atomic mass is 10.3. The maximum atomic E-state index is 13.7. The molecule has 6 heteroatoms. The van der Waals surface area contributed by atoms with E-state index in [1.54, 1.807) is 36.4 Å². The fraction of sp³-hybridized carbons (Fsp3) is 0. The molecule has 0 aliphatic heterocycles. The summed E-state index contributed by atoms with van der Waals surface area (Å²) in [5.74, 6) is -0.344. The molecule has 0 saturated carbocycles. The van der Waals surface area contributed by atoms with Crippen molar-refractivity contribution in [3.05, 3.63) is 56.7 Å². The first-order valence-corrected chi connectivity index (χ1v) is 7.26. The minimum Gasteiger partial charge on any atom is -0.323 e. The molecule has 0 heterocycles. The first-order valence-electron chi connectivity index (χ1n) is 4.90. The van der Waals surface area contributed by atoms with Crippen molar-refractivity contribution in [2.75, 3.05) is 4.72 Å². The quantitative estimate of drug-likeness (QED) is 0.667. The van der Waals surface area contributed by atoms with Gasteiger partial charge >= 0.3 is 0 Å². The number of hydrogen-bond donors (Lipinski definition) is 1. The predicted molar refractivity (Wildman–Crippen MR) is 80.0 cm³/mol. The first-order chi connectivity index (χ1) is 8.58. The molecule has 18 heavy (non-hydrogen) atoms. The molecule has 2 aromatic carbocycles. The van der Waals surface area contributed by atoms with Crippen LogP contribution in [-0.2, 0) is 0 Å². The molecule has 0 bridgehead atoms. The van der Waals surface area contributed by atoms with Gasteiger partial charge in [-0.1, -0.05) is 29.3 Å². The van der Waals surface area contributed by atoms with Crippen molar-refractivity contribution in [2.45, 2.75) is 4.90 Å². The van der Waals surface area contributed by atoms with E-state index in [1.165, 1.54) is 11.9 Å². The second-order valence-electron chi connectivity index (χ2n) is 3.38. The van der Waals surface area contributed by atoms with Crippen molar-refractivity contribution < 1.29 is 4.39 Å². The van der Waals surface area contributed by atoms with Gasteiger partial charge in [0, 0.05) is 9.92 Å². The largest absolute Gasteiger partial charge is 0.323 e. The lowest BCUT2D eigenvalue weighted by Gasteiger charge is -2.08. The SMILES string of the molecule is Fc1c(Br)cccc1NSc1cc(Cl)ccc1Cl. The summed E-state index contributed by atoms with van der Waals surface area (Å²) in [6.45, 7) is 0. The minimum absolute atomic E-state index is 0.344. The summed E-state index contributed by atoms with van der Waals surface area (Å²) in [5.41, 5.74) is 0.380. The maximum absolute atomic E-state index is 13.7. The van der Waals surface area contributed by atoms with Crippen molar-refractivity contribution in [2.24, 2.45) is 0 Å². The molecule has 0 radical (unpaired) electrons. The minimum atomic E-state index is -0.344. The van der Waals surface area contributed by atoms with Crippen molar-refractivity contribution in [3.8, 4) is 0 Å². The van der Waals surface area contributed by atoms with E-state index in [2.05, 4.69) is 20.7 Å². The van der Waals surface area contributed by atoms with Crippen LogP contribution in [0.5, 0.6) is 0 Å². The molecule has 0 atom stereocenters. The van der Waals surface area contributed by atoms with Gasteiger partial charge in [-0.05, 0) is 58.2 Å². The Bertz CT molecular complexity index is 578. The molecule has 0 spiro atoms. The van der Waals surface area contributed by atoms with E-state index in [1.807, 2.05) is 0 Å². The van der Waals surface area contributed by atoms with Crippen molar-refractivity contribution in [3.63, 3.8) is 0 Å². The van der Waals surface area contributed by atoms with E-state index in [9.17, 15) is 4.39 Å². The Balaban J connectivity index is 2.16. The summed E-state index contributed by atoms with van der Waals surface area (Å²) < 4.78 is 17.0. The predicted octanol–water partition coefficient (Wildman–Crippen LogP) is 6.01. The Morgan fingerprint density at radius 2 is 1.94 bits per heavy atom. The third-order valence-corrected chi connectivity index (χ3v) is 4.28. The molecule has 0 aliphatic rings. The van der Waals surface area contributed by atoms with Gasteiger partial charge in [0.05, 0.1) is 15.2 Å². The molecule has 94 valence electrons. The zero-order chi connectivity index (χ0) is 13.1. The van der Waals surface area contributed by atoms with Gasteiger partial charge in [0.15, 0.2) is 5.82 Å². The van der Waals surface area contributed by atoms with Crippen molar-refractivity contribution >= 4 is 56.8 Å². The van der Waals surface area contributed by atoms with Gasteiger partial charge in [-0.25, -0.2) is 4.39 Å². The van der Waals surface area contributed by atoms with E-state index in [0.29, 0.717) is 20.2 Å². The van der Waals surface area contributed by atoms with E-state index in [4.69, 9.17) is 23.2 Å². The summed E-state index contributed by atoms with van der Waals surface area (Å²) in [6.07, 6.45) is 0. The fourth-order valence-corrected chi connectivity index (χ4v) is 2.81. The van der Waals surface area contributed by atoms with Gasteiger partial charge in [-0.2, -0.15) is 0 Å². The normalized spacial score (nSPS) is 10.4. The summed E-state index contributed by atoms with van der Waals surface area (Å²) in [4.78, 5) is 0.739. The molecule has 2 aromatic rings. The summed E-state index contributed by atoms with van der Waals surface area (Å²) in [6, 6.07) is 10.1. The molecule has 1 N–H and O–H groups in total. The standard InChI is InChI=1S/C12H7BrCl2FNS/c13-8-2-1-3-10(12(8)16)17-18-11-6-7(14)4-5-9(11)15/h1-6,17H. The van der Waals surface area contributed by atoms with Gasteiger partial charge in [-0.15, -0.1) is 0 Å². The number of benzene rings is 2. The highest BCUT2D eigenvalue weighted by Crippen LogP contribution is 2.32. The third kappa shape index (κ3) is 3.32. The number of anilines is 1. The Morgan fingerprint density at radius 3 is 2.72 bits per heavy atom. The van der Waals surface area contributed by atoms with Crippen LogP contribution >= 0.6 is 51.1 Å². The smallest absolute Gasteiger partial charge is 0.161 e. The molecular formula is C12H7BrCl2FNS. The Hall–Kier alpha value is -0.420. The van der Waals surface area contributed by atoms with Gasteiger partial charge < -0.3 is 4.72 Å². The van der Waals surface area contributed by atoms with E-state index in [-0.39, 0.29) is 5.82 Å². The highest BCUT2D eigenvalue weighted by atomic mass is 79.9. The molecular weight excluding hydrogens is 360 g/mol. The van der Waals surface area contributed by atoms with Crippen molar-refractivity contribution in [1.29, 1.82) is 0 Å². The van der Waals surface area contributed by atoms with Crippen LogP contribution in [0.3, 0.4) is 0 Å². The third-order valence-electron chi connectivity index (χ3n) is 2.12. The molecule has 0 saturated heterocycles. The van der Waals surface area contributed by atoms with Gasteiger partial charge in [0.2, 0.25) is 0 Å². The topological polar surface area (TPSA) is 12.0 Å². The average Bonchev–Trinajstić information content (AvgIpc) is 2.35. The van der Waals surface area contributed by atoms with Crippen LogP contribution in [0.2, 0.25) is 10.0 Å². The van der Waals surface area contributed by atoms with Crippen molar-refractivity contribution in [1.82, 2.24) is 0 Å². The maximum Gasteiger partial charge on any atom is 0.161 e. The van der Waals surface area contributed by atoms with E-state index < -0.39 is 0 Å². The van der Waals surface area contributed by atoms with E-state index >= 15 is 0 Å². The van der Waals surface area contributed by atoms with Crippen LogP contribution in [-0.4, -0.2) is 0 Å². The Labute approximate surface area is 127 Å². The van der Waals surface area contributed by atoms with Crippen LogP contribution in [0.4, 0.5) is 10.1 Å². The summed E-state index contributed by atoms with van der Waals surface area (Å²) >= 11 is 16.2. The van der Waals surface area contributed by atoms with Crippen LogP contribution in [0, 0.1) is 5.82 Å². The number of nitrogens with one attached hydrogen (secondary N) is 1. The van der Waals surface area contributed by atoms with Gasteiger partial charge in [0.25, 0.3) is 0 Å². The highest BCUT2D eigenvalue weighted by Gasteiger charge is 2.07. The van der Waals surface area contributed by atoms with Crippen LogP contribution in [0.25, 0.3) is 0 Å². The molecule has 0 amide bonds. The highest BCUT2D eigenvalue weighted by molar-refractivity contribution is 9.10. The Kier molecular flexibility index (Phi) is 4.78. The van der Waals surface area contributed by atoms with E-state index in [0.717, 1.165) is 4.90 Å². The molecule has 0 fully saturated rings. The average molecular weight is 367 g/mol. The fourth-order valence-electron chi connectivity index (χ4n) is 1.25. The van der Waals surface area contributed by atoms with Gasteiger partial charge in [-0.3, -0.25) is 0 Å². The molecule has 2 rings (SSSR count).